The van der Waals surface area contributed by atoms with Gasteiger partial charge in [-0.15, -0.1) is 0 Å². The number of nitrogens with one attached hydrogen (secondary N) is 1. The summed E-state index contributed by atoms with van der Waals surface area (Å²) in [5.74, 6) is 0.966. The molecule has 1 unspecified atom stereocenters. The fourth-order valence-corrected chi connectivity index (χ4v) is 3.09. The lowest BCUT2D eigenvalue weighted by atomic mass is 10.2. The smallest absolute Gasteiger partial charge is 0.335 e. The molecule has 0 amide bonds. The molecule has 2 heterocycles. The summed E-state index contributed by atoms with van der Waals surface area (Å²) in [6.45, 7) is 0.862. The molecule has 17 heavy (non-hydrogen) atoms. The molecule has 0 saturated carbocycles. The average molecular weight is 252 g/mol. The van der Waals surface area contributed by atoms with Gasteiger partial charge in [0.15, 0.2) is 0 Å². The molecule has 0 radical (unpaired) electrons. The number of aromatic carboxylic acids is 1. The summed E-state index contributed by atoms with van der Waals surface area (Å²) < 4.78 is 0. The van der Waals surface area contributed by atoms with Gasteiger partial charge in [0.05, 0.1) is 5.56 Å². The van der Waals surface area contributed by atoms with Gasteiger partial charge in [0.1, 0.15) is 5.82 Å². The zero-order valence-corrected chi connectivity index (χ0v) is 10.4. The van der Waals surface area contributed by atoms with Gasteiger partial charge >= 0.3 is 5.97 Å². The topological polar surface area (TPSA) is 62.2 Å². The Morgan fingerprint density at radius 3 is 3.18 bits per heavy atom. The Morgan fingerprint density at radius 2 is 2.47 bits per heavy atom. The van der Waals surface area contributed by atoms with Crippen molar-refractivity contribution in [3.8, 4) is 0 Å². The van der Waals surface area contributed by atoms with Crippen LogP contribution in [0, 0.1) is 0 Å². The third-order valence-corrected chi connectivity index (χ3v) is 4.19. The summed E-state index contributed by atoms with van der Waals surface area (Å²) in [5.41, 5.74) is 0.277. The minimum atomic E-state index is -0.914. The second-order valence-corrected chi connectivity index (χ2v) is 5.51. The maximum absolute atomic E-state index is 10.8. The fourth-order valence-electron chi connectivity index (χ4n) is 1.85. The number of hydrogen-bond acceptors (Lipinski definition) is 4. The summed E-state index contributed by atoms with van der Waals surface area (Å²) in [5, 5.41) is 12.7. The lowest BCUT2D eigenvalue weighted by Gasteiger charge is -2.21. The van der Waals surface area contributed by atoms with Crippen LogP contribution in [-0.4, -0.2) is 33.6 Å². The molecule has 2 rings (SSSR count). The van der Waals surface area contributed by atoms with Crippen molar-refractivity contribution in [1.29, 1.82) is 0 Å². The van der Waals surface area contributed by atoms with E-state index in [0.717, 1.165) is 6.54 Å². The van der Waals surface area contributed by atoms with E-state index in [2.05, 4.69) is 10.3 Å². The number of thioether (sulfide) groups is 1. The molecule has 92 valence electrons. The molecule has 1 fully saturated rings. The quantitative estimate of drug-likeness (QED) is 0.862. The molecule has 5 heteroatoms. The van der Waals surface area contributed by atoms with Crippen LogP contribution in [0.2, 0.25) is 0 Å². The Hall–Kier alpha value is -1.23. The van der Waals surface area contributed by atoms with E-state index in [4.69, 9.17) is 5.11 Å². The monoisotopic (exact) mass is 252 g/mol. The van der Waals surface area contributed by atoms with Crippen molar-refractivity contribution in [1.82, 2.24) is 4.98 Å². The van der Waals surface area contributed by atoms with Gasteiger partial charge < -0.3 is 10.4 Å². The maximum atomic E-state index is 10.8. The minimum absolute atomic E-state index is 0.277. The number of carboxylic acid groups (broad SMARTS) is 1. The van der Waals surface area contributed by atoms with Crippen LogP contribution in [0.25, 0.3) is 0 Å². The second-order valence-electron chi connectivity index (χ2n) is 4.10. The Morgan fingerprint density at radius 1 is 1.59 bits per heavy atom. The highest BCUT2D eigenvalue weighted by Gasteiger charge is 2.13. The van der Waals surface area contributed by atoms with Crippen molar-refractivity contribution in [2.24, 2.45) is 0 Å². The standard InChI is InChI=1S/C12H16N2O2S/c15-12(16)9-4-5-13-11(7-9)14-8-10-3-1-2-6-17-10/h4-5,7,10H,1-3,6,8H2,(H,13,14)(H,15,16). The lowest BCUT2D eigenvalue weighted by Crippen LogP contribution is -2.20. The van der Waals surface area contributed by atoms with Gasteiger partial charge in [-0.25, -0.2) is 9.78 Å². The highest BCUT2D eigenvalue weighted by atomic mass is 32.2. The molecule has 0 aromatic carbocycles. The molecule has 0 bridgehead atoms. The van der Waals surface area contributed by atoms with Crippen LogP contribution in [0.4, 0.5) is 5.82 Å². The van der Waals surface area contributed by atoms with Gasteiger partial charge in [-0.2, -0.15) is 11.8 Å². The van der Waals surface area contributed by atoms with Crippen LogP contribution in [0.1, 0.15) is 29.6 Å². The van der Waals surface area contributed by atoms with Gasteiger partial charge in [0.25, 0.3) is 0 Å². The average Bonchev–Trinajstić information content (AvgIpc) is 2.38. The van der Waals surface area contributed by atoms with Crippen molar-refractivity contribution < 1.29 is 9.90 Å². The zero-order valence-electron chi connectivity index (χ0n) is 9.56. The second kappa shape index (κ2) is 5.91. The van der Waals surface area contributed by atoms with E-state index in [1.807, 2.05) is 11.8 Å². The lowest BCUT2D eigenvalue weighted by molar-refractivity contribution is 0.0697. The SMILES string of the molecule is O=C(O)c1ccnc(NCC2CCCCS2)c1. The summed E-state index contributed by atoms with van der Waals surface area (Å²) in [6.07, 6.45) is 5.37. The predicted molar refractivity (Wildman–Crippen MR) is 69.8 cm³/mol. The number of aromatic nitrogens is 1. The molecule has 1 aliphatic rings. The summed E-state index contributed by atoms with van der Waals surface area (Å²) in [6, 6.07) is 3.08. The van der Waals surface area contributed by atoms with Gasteiger partial charge in [0.2, 0.25) is 0 Å². The Labute approximate surface area is 105 Å². The molecular weight excluding hydrogens is 236 g/mol. The molecule has 1 atom stereocenters. The van der Waals surface area contributed by atoms with Crippen molar-refractivity contribution in [2.45, 2.75) is 24.5 Å². The normalized spacial score (nSPS) is 19.9. The Balaban J connectivity index is 1.89. The first-order valence-corrected chi connectivity index (χ1v) is 6.85. The van der Waals surface area contributed by atoms with Crippen molar-refractivity contribution in [3.63, 3.8) is 0 Å². The summed E-state index contributed by atoms with van der Waals surface area (Å²) in [7, 11) is 0. The van der Waals surface area contributed by atoms with Crippen molar-refractivity contribution >= 4 is 23.5 Å². The first kappa shape index (κ1) is 12.2. The van der Waals surface area contributed by atoms with E-state index in [1.165, 1.54) is 37.3 Å². The number of rotatable bonds is 4. The van der Waals surface area contributed by atoms with Gasteiger partial charge in [0, 0.05) is 18.0 Å². The zero-order chi connectivity index (χ0) is 12.1. The van der Waals surface area contributed by atoms with Crippen LogP contribution in [0.15, 0.2) is 18.3 Å². The van der Waals surface area contributed by atoms with E-state index in [1.54, 1.807) is 6.07 Å². The van der Waals surface area contributed by atoms with E-state index in [-0.39, 0.29) is 5.56 Å². The number of nitrogens with zero attached hydrogens (tertiary/aromatic N) is 1. The first-order chi connectivity index (χ1) is 8.25. The predicted octanol–water partition coefficient (Wildman–Crippen LogP) is 2.48. The summed E-state index contributed by atoms with van der Waals surface area (Å²) in [4.78, 5) is 14.9. The Kier molecular flexibility index (Phi) is 4.25. The number of pyridine rings is 1. The molecule has 4 nitrogen and oxygen atoms in total. The largest absolute Gasteiger partial charge is 0.478 e. The molecule has 1 aromatic heterocycles. The van der Waals surface area contributed by atoms with Crippen molar-refractivity contribution in [3.05, 3.63) is 23.9 Å². The van der Waals surface area contributed by atoms with Crippen LogP contribution in [0.3, 0.4) is 0 Å². The van der Waals surface area contributed by atoms with E-state index in [0.29, 0.717) is 11.1 Å². The molecule has 0 spiro atoms. The van der Waals surface area contributed by atoms with E-state index < -0.39 is 5.97 Å². The molecule has 1 aromatic rings. The highest BCUT2D eigenvalue weighted by Crippen LogP contribution is 2.25. The molecule has 1 saturated heterocycles. The highest BCUT2D eigenvalue weighted by molar-refractivity contribution is 7.99. The number of hydrogen-bond donors (Lipinski definition) is 2. The van der Waals surface area contributed by atoms with Crippen LogP contribution < -0.4 is 5.32 Å². The van der Waals surface area contributed by atoms with Crippen molar-refractivity contribution in [2.75, 3.05) is 17.6 Å². The maximum Gasteiger partial charge on any atom is 0.335 e. The minimum Gasteiger partial charge on any atom is -0.478 e. The Bertz CT molecular complexity index is 392. The van der Waals surface area contributed by atoms with Crippen LogP contribution >= 0.6 is 11.8 Å². The van der Waals surface area contributed by atoms with Gasteiger partial charge in [-0.1, -0.05) is 6.42 Å². The number of carboxylic acids is 1. The van der Waals surface area contributed by atoms with E-state index >= 15 is 0 Å². The van der Waals surface area contributed by atoms with Crippen LogP contribution in [-0.2, 0) is 0 Å². The van der Waals surface area contributed by atoms with E-state index in [9.17, 15) is 4.79 Å². The molecule has 0 aliphatic carbocycles. The molecular formula is C12H16N2O2S. The molecule has 2 N–H and O–H groups in total. The summed E-state index contributed by atoms with van der Waals surface area (Å²) >= 11 is 1.99. The number of anilines is 1. The van der Waals surface area contributed by atoms with Gasteiger partial charge in [-0.05, 0) is 30.7 Å². The fraction of sp³-hybridized carbons (Fsp3) is 0.500. The number of carbonyl (C=O) groups is 1. The van der Waals surface area contributed by atoms with Crippen LogP contribution in [0.5, 0.6) is 0 Å². The first-order valence-electron chi connectivity index (χ1n) is 5.80. The molecule has 1 aliphatic heterocycles. The van der Waals surface area contributed by atoms with Gasteiger partial charge in [-0.3, -0.25) is 0 Å². The third kappa shape index (κ3) is 3.63. The third-order valence-electron chi connectivity index (χ3n) is 2.79.